The lowest BCUT2D eigenvalue weighted by atomic mass is 10.0. The van der Waals surface area contributed by atoms with E-state index < -0.39 is 0 Å². The monoisotopic (exact) mass is 254 g/mol. The van der Waals surface area contributed by atoms with Crippen molar-refractivity contribution >= 4 is 0 Å². The zero-order valence-electron chi connectivity index (χ0n) is 11.3. The van der Waals surface area contributed by atoms with Crippen molar-refractivity contribution < 1.29 is 0 Å². The number of nitrogens with zero attached hydrogens (tertiary/aromatic N) is 3. The van der Waals surface area contributed by atoms with Gasteiger partial charge in [0.2, 0.25) is 0 Å². The van der Waals surface area contributed by atoms with Gasteiger partial charge < -0.3 is 5.32 Å². The summed E-state index contributed by atoms with van der Waals surface area (Å²) in [5.74, 6) is 0. The van der Waals surface area contributed by atoms with E-state index in [4.69, 9.17) is 5.26 Å². The zero-order valence-corrected chi connectivity index (χ0v) is 11.3. The van der Waals surface area contributed by atoms with Gasteiger partial charge in [0.05, 0.1) is 18.2 Å². The van der Waals surface area contributed by atoms with Gasteiger partial charge in [-0.2, -0.15) is 10.4 Å². The second kappa shape index (κ2) is 6.17. The summed E-state index contributed by atoms with van der Waals surface area (Å²) in [4.78, 5) is 0. The highest BCUT2D eigenvalue weighted by Crippen LogP contribution is 2.17. The highest BCUT2D eigenvalue weighted by molar-refractivity contribution is 5.21. The van der Waals surface area contributed by atoms with Crippen LogP contribution in [0.15, 0.2) is 36.5 Å². The van der Waals surface area contributed by atoms with Gasteiger partial charge in [-0.1, -0.05) is 30.3 Å². The fraction of sp³-hybridized carbons (Fsp3) is 0.333. The Hall–Kier alpha value is -2.12. The van der Waals surface area contributed by atoms with Crippen molar-refractivity contribution in [3.63, 3.8) is 0 Å². The van der Waals surface area contributed by atoms with Crippen LogP contribution >= 0.6 is 0 Å². The Balaban J connectivity index is 2.06. The number of nitriles is 1. The summed E-state index contributed by atoms with van der Waals surface area (Å²) in [7, 11) is 1.92. The smallest absolute Gasteiger partial charge is 0.0641 e. The molecule has 4 nitrogen and oxygen atoms in total. The summed E-state index contributed by atoms with van der Waals surface area (Å²) in [5, 5.41) is 16.7. The molecular formula is C15H18N4. The van der Waals surface area contributed by atoms with Crippen molar-refractivity contribution in [3.05, 3.63) is 53.3 Å². The molecule has 1 N–H and O–H groups in total. The third kappa shape index (κ3) is 3.43. The van der Waals surface area contributed by atoms with Crippen molar-refractivity contribution in [1.29, 1.82) is 5.26 Å². The third-order valence-electron chi connectivity index (χ3n) is 3.15. The van der Waals surface area contributed by atoms with Crippen molar-refractivity contribution in [2.75, 3.05) is 0 Å². The summed E-state index contributed by atoms with van der Waals surface area (Å²) in [5.41, 5.74) is 3.34. The van der Waals surface area contributed by atoms with Gasteiger partial charge in [-0.05, 0) is 12.5 Å². The minimum absolute atomic E-state index is 0.0609. The van der Waals surface area contributed by atoms with E-state index in [2.05, 4.69) is 16.5 Å². The molecule has 1 atom stereocenters. The van der Waals surface area contributed by atoms with Gasteiger partial charge in [0.25, 0.3) is 0 Å². The first-order chi connectivity index (χ1) is 9.20. The second-order valence-electron chi connectivity index (χ2n) is 4.62. The standard InChI is InChI=1S/C15H18N4/c1-12-14(11-19(2)18-12)10-17-15(8-9-16)13-6-4-3-5-7-13/h3-7,11,15,17H,8,10H2,1-2H3. The molecule has 2 aromatic rings. The third-order valence-corrected chi connectivity index (χ3v) is 3.15. The average Bonchev–Trinajstić information content (AvgIpc) is 2.74. The van der Waals surface area contributed by atoms with Gasteiger partial charge in [-0.15, -0.1) is 0 Å². The van der Waals surface area contributed by atoms with E-state index >= 15 is 0 Å². The number of hydrogen-bond donors (Lipinski definition) is 1. The van der Waals surface area contributed by atoms with Gasteiger partial charge in [-0.3, -0.25) is 4.68 Å². The summed E-state index contributed by atoms with van der Waals surface area (Å²) in [6.07, 6.45) is 2.47. The molecule has 1 aromatic carbocycles. The minimum atomic E-state index is 0.0609. The molecule has 98 valence electrons. The van der Waals surface area contributed by atoms with Crippen molar-refractivity contribution in [2.45, 2.75) is 25.9 Å². The highest BCUT2D eigenvalue weighted by Gasteiger charge is 2.11. The van der Waals surface area contributed by atoms with Crippen LogP contribution in [0.1, 0.15) is 29.3 Å². The molecule has 0 aliphatic rings. The van der Waals surface area contributed by atoms with E-state index in [1.165, 1.54) is 5.56 Å². The SMILES string of the molecule is Cc1nn(C)cc1CNC(CC#N)c1ccccc1. The van der Waals surface area contributed by atoms with Crippen LogP contribution in [0.25, 0.3) is 0 Å². The van der Waals surface area contributed by atoms with Gasteiger partial charge >= 0.3 is 0 Å². The quantitative estimate of drug-likeness (QED) is 0.891. The molecule has 0 fully saturated rings. The Bertz CT molecular complexity index is 566. The average molecular weight is 254 g/mol. The van der Waals surface area contributed by atoms with Gasteiger partial charge in [0, 0.05) is 31.4 Å². The first-order valence-corrected chi connectivity index (χ1v) is 6.35. The van der Waals surface area contributed by atoms with Gasteiger partial charge in [0.15, 0.2) is 0 Å². The second-order valence-corrected chi connectivity index (χ2v) is 4.62. The zero-order chi connectivity index (χ0) is 13.7. The molecule has 0 amide bonds. The van der Waals surface area contributed by atoms with E-state index in [1.54, 1.807) is 0 Å². The fourth-order valence-electron chi connectivity index (χ4n) is 2.14. The Kier molecular flexibility index (Phi) is 4.32. The van der Waals surface area contributed by atoms with Crippen molar-refractivity contribution in [2.24, 2.45) is 7.05 Å². The summed E-state index contributed by atoms with van der Waals surface area (Å²) in [6, 6.07) is 12.4. The summed E-state index contributed by atoms with van der Waals surface area (Å²) in [6.45, 7) is 2.72. The number of nitrogens with one attached hydrogen (secondary N) is 1. The van der Waals surface area contributed by atoms with Crippen LogP contribution in [0.5, 0.6) is 0 Å². The van der Waals surface area contributed by atoms with Crippen LogP contribution in [0, 0.1) is 18.3 Å². The molecule has 0 spiro atoms. The lowest BCUT2D eigenvalue weighted by molar-refractivity contribution is 0.541. The first kappa shape index (κ1) is 13.3. The lowest BCUT2D eigenvalue weighted by Gasteiger charge is -2.16. The van der Waals surface area contributed by atoms with E-state index in [1.807, 2.05) is 55.2 Å². The molecule has 19 heavy (non-hydrogen) atoms. The minimum Gasteiger partial charge on any atom is -0.305 e. The molecule has 1 unspecified atom stereocenters. The maximum Gasteiger partial charge on any atom is 0.0641 e. The fourth-order valence-corrected chi connectivity index (χ4v) is 2.14. The Morgan fingerprint density at radius 3 is 2.68 bits per heavy atom. The number of aryl methyl sites for hydroxylation is 2. The number of benzene rings is 1. The highest BCUT2D eigenvalue weighted by atomic mass is 15.2. The molecule has 1 heterocycles. The molecule has 0 radical (unpaired) electrons. The van der Waals surface area contributed by atoms with Crippen LogP contribution in [0.2, 0.25) is 0 Å². The van der Waals surface area contributed by atoms with E-state index in [0.717, 1.165) is 17.8 Å². The maximum atomic E-state index is 8.95. The predicted molar refractivity (Wildman–Crippen MR) is 74.2 cm³/mol. The molecule has 0 bridgehead atoms. The molecule has 4 heteroatoms. The van der Waals surface area contributed by atoms with E-state index in [0.29, 0.717) is 6.42 Å². The molecule has 1 aromatic heterocycles. The molecule has 0 aliphatic carbocycles. The Morgan fingerprint density at radius 2 is 2.11 bits per heavy atom. The molecular weight excluding hydrogens is 236 g/mol. The van der Waals surface area contributed by atoms with Crippen LogP contribution in [-0.2, 0) is 13.6 Å². The van der Waals surface area contributed by atoms with Crippen LogP contribution in [-0.4, -0.2) is 9.78 Å². The van der Waals surface area contributed by atoms with Crippen molar-refractivity contribution in [3.8, 4) is 6.07 Å². The first-order valence-electron chi connectivity index (χ1n) is 6.35. The van der Waals surface area contributed by atoms with Crippen molar-refractivity contribution in [1.82, 2.24) is 15.1 Å². The van der Waals surface area contributed by atoms with E-state index in [9.17, 15) is 0 Å². The molecule has 0 aliphatic heterocycles. The largest absolute Gasteiger partial charge is 0.305 e. The Labute approximate surface area is 113 Å². The Morgan fingerprint density at radius 1 is 1.37 bits per heavy atom. The van der Waals surface area contributed by atoms with E-state index in [-0.39, 0.29) is 6.04 Å². The predicted octanol–water partition coefficient (Wildman–Crippen LogP) is 2.47. The number of rotatable bonds is 5. The molecule has 0 saturated heterocycles. The van der Waals surface area contributed by atoms with Crippen LogP contribution < -0.4 is 5.32 Å². The summed E-state index contributed by atoms with van der Waals surface area (Å²) < 4.78 is 1.81. The molecule has 0 saturated carbocycles. The lowest BCUT2D eigenvalue weighted by Crippen LogP contribution is -2.20. The maximum absolute atomic E-state index is 8.95. The van der Waals surface area contributed by atoms with Crippen LogP contribution in [0.4, 0.5) is 0 Å². The normalized spacial score (nSPS) is 12.1. The summed E-state index contributed by atoms with van der Waals surface area (Å²) >= 11 is 0. The topological polar surface area (TPSA) is 53.6 Å². The van der Waals surface area contributed by atoms with Gasteiger partial charge in [-0.25, -0.2) is 0 Å². The molecule has 2 rings (SSSR count). The number of aromatic nitrogens is 2. The van der Waals surface area contributed by atoms with Crippen LogP contribution in [0.3, 0.4) is 0 Å². The number of hydrogen-bond acceptors (Lipinski definition) is 3. The van der Waals surface area contributed by atoms with Gasteiger partial charge in [0.1, 0.15) is 0 Å².